The van der Waals surface area contributed by atoms with Crippen LogP contribution in [0.2, 0.25) is 0 Å². The average Bonchev–Trinajstić information content (AvgIpc) is 2.82. The molecule has 2 heterocycles. The van der Waals surface area contributed by atoms with Crippen molar-refractivity contribution in [2.24, 2.45) is 0 Å². The number of ether oxygens (including phenoxy) is 1. The molecule has 0 radical (unpaired) electrons. The van der Waals surface area contributed by atoms with Crippen LogP contribution in [-0.4, -0.2) is 42.2 Å². The van der Waals surface area contributed by atoms with Crippen LogP contribution < -0.4 is 4.90 Å². The van der Waals surface area contributed by atoms with Crippen LogP contribution in [0.15, 0.2) is 18.3 Å². The minimum absolute atomic E-state index is 0.318. The van der Waals surface area contributed by atoms with Gasteiger partial charge in [-0.05, 0) is 53.3 Å². The van der Waals surface area contributed by atoms with Crippen LogP contribution in [0.25, 0.3) is 0 Å². The van der Waals surface area contributed by atoms with Crippen LogP contribution >= 0.6 is 0 Å². The van der Waals surface area contributed by atoms with Crippen LogP contribution in [0, 0.1) is 0 Å². The Balaban J connectivity index is 2.25. The molecule has 2 rings (SSSR count). The molecular weight excluding hydrogens is 266 g/mol. The number of pyridine rings is 1. The van der Waals surface area contributed by atoms with Crippen molar-refractivity contribution in [3.8, 4) is 0 Å². The maximum atomic E-state index is 12.3. The Morgan fingerprint density at radius 1 is 1.48 bits per heavy atom. The minimum atomic E-state index is -0.509. The fourth-order valence-corrected chi connectivity index (χ4v) is 2.67. The van der Waals surface area contributed by atoms with Gasteiger partial charge in [0.2, 0.25) is 0 Å². The molecule has 116 valence electrons. The largest absolute Gasteiger partial charge is 0.443 e. The second kappa shape index (κ2) is 6.02. The third kappa shape index (κ3) is 3.73. The number of carbonyl (C=O) groups excluding carboxylic acids is 1. The van der Waals surface area contributed by atoms with E-state index >= 15 is 0 Å². The van der Waals surface area contributed by atoms with Gasteiger partial charge in [-0.25, -0.2) is 9.78 Å². The molecule has 1 saturated heterocycles. The number of nitrogens with zero attached hydrogens (tertiary/aromatic N) is 3. The molecule has 5 heteroatoms. The van der Waals surface area contributed by atoms with E-state index in [1.54, 1.807) is 13.2 Å². The summed E-state index contributed by atoms with van der Waals surface area (Å²) in [4.78, 5) is 20.5. The Bertz CT molecular complexity index is 510. The van der Waals surface area contributed by atoms with E-state index in [0.29, 0.717) is 11.9 Å². The van der Waals surface area contributed by atoms with Crippen molar-refractivity contribution >= 4 is 11.9 Å². The van der Waals surface area contributed by atoms with Gasteiger partial charge in [0.15, 0.2) is 0 Å². The first-order valence-electron chi connectivity index (χ1n) is 7.41. The summed E-state index contributed by atoms with van der Waals surface area (Å²) in [6.07, 6.45) is 3.61. The van der Waals surface area contributed by atoms with Gasteiger partial charge in [0.1, 0.15) is 11.4 Å². The molecule has 21 heavy (non-hydrogen) atoms. The van der Waals surface area contributed by atoms with E-state index in [1.165, 1.54) is 11.3 Å². The normalized spacial score (nSPS) is 19.6. The fraction of sp³-hybridized carbons (Fsp3) is 0.625. The van der Waals surface area contributed by atoms with E-state index in [2.05, 4.69) is 23.0 Å². The average molecular weight is 291 g/mol. The lowest BCUT2D eigenvalue weighted by molar-refractivity contribution is 0.0587. The highest BCUT2D eigenvalue weighted by Gasteiger charge is 2.29. The maximum absolute atomic E-state index is 12.3. The minimum Gasteiger partial charge on any atom is -0.443 e. The van der Waals surface area contributed by atoms with Gasteiger partial charge in [-0.15, -0.1) is 0 Å². The molecule has 0 aromatic carbocycles. The van der Waals surface area contributed by atoms with Gasteiger partial charge in [0.25, 0.3) is 0 Å². The second-order valence-electron chi connectivity index (χ2n) is 6.59. The summed E-state index contributed by atoms with van der Waals surface area (Å²) in [7, 11) is 3.83. The predicted molar refractivity (Wildman–Crippen MR) is 83.5 cm³/mol. The molecular formula is C16H25N3O2. The van der Waals surface area contributed by atoms with E-state index in [4.69, 9.17) is 4.74 Å². The van der Waals surface area contributed by atoms with Crippen molar-refractivity contribution in [2.45, 2.75) is 45.3 Å². The third-order valence-electron chi connectivity index (χ3n) is 3.68. The Hall–Kier alpha value is -1.62. The lowest BCUT2D eigenvalue weighted by Gasteiger charge is -2.28. The Kier molecular flexibility index (Phi) is 4.52. The lowest BCUT2D eigenvalue weighted by atomic mass is 10.1. The van der Waals surface area contributed by atoms with Crippen LogP contribution in [0.4, 0.5) is 10.6 Å². The summed E-state index contributed by atoms with van der Waals surface area (Å²) in [5.74, 6) is 0.686. The second-order valence-corrected chi connectivity index (χ2v) is 6.59. The predicted octanol–water partition coefficient (Wildman–Crippen LogP) is 3.22. The number of likely N-dealkylation sites (tertiary alicyclic amines) is 1. The standard InChI is InChI=1S/C16H25N3O2/c1-16(2,3)21-15(20)19(5)14-12(8-6-10-17-14)13-9-7-11-18(13)4/h6,8,10,13H,7,9,11H2,1-5H3/t13-/m1/s1. The Labute approximate surface area is 126 Å². The number of carbonyl (C=O) groups is 1. The van der Waals surface area contributed by atoms with Crippen molar-refractivity contribution in [3.05, 3.63) is 23.9 Å². The molecule has 1 aliphatic rings. The topological polar surface area (TPSA) is 45.7 Å². The molecule has 1 fully saturated rings. The summed E-state index contributed by atoms with van der Waals surface area (Å²) in [6.45, 7) is 6.67. The van der Waals surface area contributed by atoms with Crippen molar-refractivity contribution in [3.63, 3.8) is 0 Å². The molecule has 0 bridgehead atoms. The first-order chi connectivity index (χ1) is 9.79. The zero-order valence-electron chi connectivity index (χ0n) is 13.6. The molecule has 5 nitrogen and oxygen atoms in total. The summed E-state index contributed by atoms with van der Waals surface area (Å²) >= 11 is 0. The number of hydrogen-bond acceptors (Lipinski definition) is 4. The van der Waals surface area contributed by atoms with Crippen LogP contribution in [-0.2, 0) is 4.74 Å². The van der Waals surface area contributed by atoms with Crippen molar-refractivity contribution in [1.82, 2.24) is 9.88 Å². The van der Waals surface area contributed by atoms with Gasteiger partial charge in [0, 0.05) is 24.8 Å². The molecule has 1 aromatic rings. The van der Waals surface area contributed by atoms with Gasteiger partial charge in [0.05, 0.1) is 0 Å². The highest BCUT2D eigenvalue weighted by atomic mass is 16.6. The first kappa shape index (κ1) is 15.8. The van der Waals surface area contributed by atoms with Gasteiger partial charge in [-0.3, -0.25) is 9.80 Å². The molecule has 1 aromatic heterocycles. The van der Waals surface area contributed by atoms with E-state index in [0.717, 1.165) is 18.5 Å². The van der Waals surface area contributed by atoms with Crippen molar-refractivity contribution in [2.75, 3.05) is 25.5 Å². The fourth-order valence-electron chi connectivity index (χ4n) is 2.67. The lowest BCUT2D eigenvalue weighted by Crippen LogP contribution is -2.35. The molecule has 1 aliphatic heterocycles. The van der Waals surface area contributed by atoms with E-state index in [1.807, 2.05) is 26.8 Å². The van der Waals surface area contributed by atoms with Gasteiger partial charge in [-0.2, -0.15) is 0 Å². The number of amides is 1. The maximum Gasteiger partial charge on any atom is 0.415 e. The molecule has 0 spiro atoms. The number of rotatable bonds is 2. The zero-order valence-corrected chi connectivity index (χ0v) is 13.6. The summed E-state index contributed by atoms with van der Waals surface area (Å²) < 4.78 is 5.43. The molecule has 0 aliphatic carbocycles. The van der Waals surface area contributed by atoms with Crippen LogP contribution in [0.3, 0.4) is 0 Å². The highest BCUT2D eigenvalue weighted by molar-refractivity contribution is 5.87. The van der Waals surface area contributed by atoms with Crippen LogP contribution in [0.5, 0.6) is 0 Å². The Morgan fingerprint density at radius 2 is 2.19 bits per heavy atom. The molecule has 0 unspecified atom stereocenters. The summed E-state index contributed by atoms with van der Waals surface area (Å²) in [6, 6.07) is 4.29. The quantitative estimate of drug-likeness (QED) is 0.839. The molecule has 1 amide bonds. The molecule has 0 saturated carbocycles. The van der Waals surface area contributed by atoms with E-state index in [-0.39, 0.29) is 6.09 Å². The third-order valence-corrected chi connectivity index (χ3v) is 3.68. The Morgan fingerprint density at radius 3 is 2.76 bits per heavy atom. The summed E-state index contributed by atoms with van der Waals surface area (Å²) in [5.41, 5.74) is 0.579. The van der Waals surface area contributed by atoms with Crippen molar-refractivity contribution < 1.29 is 9.53 Å². The smallest absolute Gasteiger partial charge is 0.415 e. The van der Waals surface area contributed by atoms with Gasteiger partial charge < -0.3 is 4.74 Å². The summed E-state index contributed by atoms with van der Waals surface area (Å²) in [5, 5.41) is 0. The van der Waals surface area contributed by atoms with Gasteiger partial charge in [-0.1, -0.05) is 6.07 Å². The number of aromatic nitrogens is 1. The van der Waals surface area contributed by atoms with Crippen LogP contribution in [0.1, 0.15) is 45.2 Å². The number of anilines is 1. The SMILES string of the molecule is CN(C(=O)OC(C)(C)C)c1ncccc1[C@H]1CCCN1C. The number of hydrogen-bond donors (Lipinski definition) is 0. The van der Waals surface area contributed by atoms with E-state index < -0.39 is 5.60 Å². The first-order valence-corrected chi connectivity index (χ1v) is 7.41. The molecule has 1 atom stereocenters. The van der Waals surface area contributed by atoms with Crippen molar-refractivity contribution in [1.29, 1.82) is 0 Å². The van der Waals surface area contributed by atoms with E-state index in [9.17, 15) is 4.79 Å². The zero-order chi connectivity index (χ0) is 15.6. The highest BCUT2D eigenvalue weighted by Crippen LogP contribution is 2.35. The molecule has 0 N–H and O–H groups in total. The van der Waals surface area contributed by atoms with Gasteiger partial charge >= 0.3 is 6.09 Å². The monoisotopic (exact) mass is 291 g/mol.